The van der Waals surface area contributed by atoms with Crippen molar-refractivity contribution in [1.29, 1.82) is 0 Å². The first-order valence-electron chi connectivity index (χ1n) is 6.59. The van der Waals surface area contributed by atoms with Crippen LogP contribution in [0.15, 0.2) is 21.1 Å². The Morgan fingerprint density at radius 2 is 2.19 bits per heavy atom. The van der Waals surface area contributed by atoms with E-state index in [4.69, 9.17) is 14.0 Å². The normalized spacial score (nSPS) is 10.7. The Morgan fingerprint density at radius 1 is 1.38 bits per heavy atom. The first-order valence-corrected chi connectivity index (χ1v) is 7.38. The molecule has 0 saturated carbocycles. The van der Waals surface area contributed by atoms with Gasteiger partial charge in [0.25, 0.3) is 0 Å². The maximum Gasteiger partial charge on any atom is 0.226 e. The Kier molecular flexibility index (Phi) is 5.58. The minimum Gasteiger partial charge on any atom is -0.493 e. The van der Waals surface area contributed by atoms with Crippen LogP contribution in [0.4, 0.5) is 0 Å². The summed E-state index contributed by atoms with van der Waals surface area (Å²) >= 11 is 3.40. The van der Waals surface area contributed by atoms with Gasteiger partial charge in [0.2, 0.25) is 11.7 Å². The van der Waals surface area contributed by atoms with Crippen LogP contribution in [-0.4, -0.2) is 22.4 Å². The number of aromatic nitrogens is 2. The Hall–Kier alpha value is -1.60. The van der Waals surface area contributed by atoms with E-state index in [1.807, 2.05) is 6.92 Å². The van der Waals surface area contributed by atoms with E-state index in [9.17, 15) is 5.11 Å². The number of rotatable bonds is 7. The van der Waals surface area contributed by atoms with E-state index in [-0.39, 0.29) is 13.2 Å². The van der Waals surface area contributed by atoms with E-state index in [0.29, 0.717) is 27.7 Å². The Balaban J connectivity index is 2.11. The number of hydrogen-bond donors (Lipinski definition) is 1. The van der Waals surface area contributed by atoms with Crippen molar-refractivity contribution in [2.24, 2.45) is 0 Å². The molecule has 0 fully saturated rings. The molecule has 0 spiro atoms. The number of hydrogen-bond acceptors (Lipinski definition) is 6. The van der Waals surface area contributed by atoms with E-state index in [1.54, 1.807) is 19.2 Å². The van der Waals surface area contributed by atoms with Crippen LogP contribution in [-0.2, 0) is 19.6 Å². The second-order valence-electron chi connectivity index (χ2n) is 4.41. The summed E-state index contributed by atoms with van der Waals surface area (Å²) in [5, 5.41) is 13.0. The molecular formula is C14H17BrN2O4. The lowest BCUT2D eigenvalue weighted by Gasteiger charge is -2.12. The van der Waals surface area contributed by atoms with Gasteiger partial charge < -0.3 is 19.1 Å². The zero-order chi connectivity index (χ0) is 15.2. The summed E-state index contributed by atoms with van der Waals surface area (Å²) < 4.78 is 16.8. The Bertz CT molecular complexity index is 601. The Morgan fingerprint density at radius 3 is 2.86 bits per heavy atom. The molecule has 21 heavy (non-hydrogen) atoms. The minimum atomic E-state index is -0.0690. The van der Waals surface area contributed by atoms with Gasteiger partial charge in [-0.05, 0) is 40.0 Å². The second kappa shape index (κ2) is 7.42. The average molecular weight is 357 g/mol. The van der Waals surface area contributed by atoms with Crippen LogP contribution in [0.5, 0.6) is 11.5 Å². The number of aryl methyl sites for hydroxylation is 1. The summed E-state index contributed by atoms with van der Waals surface area (Å²) in [4.78, 5) is 4.24. The van der Waals surface area contributed by atoms with Gasteiger partial charge in [0, 0.05) is 6.42 Å². The molecule has 0 aliphatic heterocycles. The van der Waals surface area contributed by atoms with Crippen LogP contribution < -0.4 is 9.47 Å². The predicted octanol–water partition coefficient (Wildman–Crippen LogP) is 2.86. The molecule has 1 aromatic heterocycles. The average Bonchev–Trinajstić information content (AvgIpc) is 2.93. The van der Waals surface area contributed by atoms with Gasteiger partial charge in [-0.2, -0.15) is 4.98 Å². The zero-order valence-corrected chi connectivity index (χ0v) is 13.5. The third kappa shape index (κ3) is 3.95. The Labute approximate surface area is 131 Å². The van der Waals surface area contributed by atoms with Crippen molar-refractivity contribution in [2.45, 2.75) is 33.0 Å². The fourth-order valence-electron chi connectivity index (χ4n) is 1.81. The van der Waals surface area contributed by atoms with Gasteiger partial charge in [0.05, 0.1) is 18.2 Å². The van der Waals surface area contributed by atoms with Crippen molar-refractivity contribution in [3.63, 3.8) is 0 Å². The third-order valence-electron chi connectivity index (χ3n) is 2.79. The van der Waals surface area contributed by atoms with E-state index in [1.165, 1.54) is 0 Å². The van der Waals surface area contributed by atoms with Gasteiger partial charge in [0.1, 0.15) is 0 Å². The van der Waals surface area contributed by atoms with Crippen molar-refractivity contribution < 1.29 is 19.1 Å². The molecule has 114 valence electrons. The molecule has 0 bridgehead atoms. The molecule has 1 aromatic carbocycles. The van der Waals surface area contributed by atoms with E-state index in [2.05, 4.69) is 26.1 Å². The summed E-state index contributed by atoms with van der Waals surface area (Å²) in [7, 11) is 1.55. The lowest BCUT2D eigenvalue weighted by Crippen LogP contribution is -2.01. The maximum absolute atomic E-state index is 9.18. The molecular weight excluding hydrogens is 340 g/mol. The van der Waals surface area contributed by atoms with Crippen molar-refractivity contribution in [2.75, 3.05) is 7.11 Å². The van der Waals surface area contributed by atoms with Crippen LogP contribution in [0.2, 0.25) is 0 Å². The highest BCUT2D eigenvalue weighted by Gasteiger charge is 2.13. The van der Waals surface area contributed by atoms with Gasteiger partial charge in [-0.15, -0.1) is 0 Å². The first kappa shape index (κ1) is 15.8. The highest BCUT2D eigenvalue weighted by Crippen LogP contribution is 2.37. The molecule has 0 atom stereocenters. The van der Waals surface area contributed by atoms with Crippen LogP contribution in [0.3, 0.4) is 0 Å². The smallest absolute Gasteiger partial charge is 0.226 e. The molecule has 0 aliphatic rings. The molecule has 2 aromatic rings. The molecule has 0 saturated heterocycles. The number of nitrogens with zero attached hydrogens (tertiary/aromatic N) is 2. The summed E-state index contributed by atoms with van der Waals surface area (Å²) in [6.45, 7) is 2.16. The maximum atomic E-state index is 9.18. The molecule has 0 radical (unpaired) electrons. The van der Waals surface area contributed by atoms with Gasteiger partial charge in [-0.1, -0.05) is 12.1 Å². The van der Waals surface area contributed by atoms with Crippen molar-refractivity contribution >= 4 is 15.9 Å². The van der Waals surface area contributed by atoms with E-state index >= 15 is 0 Å². The highest BCUT2D eigenvalue weighted by molar-refractivity contribution is 9.10. The monoisotopic (exact) mass is 356 g/mol. The fourth-order valence-corrected chi connectivity index (χ4v) is 2.41. The molecule has 0 amide bonds. The minimum absolute atomic E-state index is 0.0690. The topological polar surface area (TPSA) is 77.6 Å². The summed E-state index contributed by atoms with van der Waals surface area (Å²) in [6.07, 6.45) is 1.70. The quantitative estimate of drug-likeness (QED) is 0.821. The number of methoxy groups -OCH3 is 1. The van der Waals surface area contributed by atoms with Crippen LogP contribution in [0, 0.1) is 0 Å². The van der Waals surface area contributed by atoms with Crippen LogP contribution in [0.25, 0.3) is 0 Å². The van der Waals surface area contributed by atoms with E-state index in [0.717, 1.165) is 18.4 Å². The van der Waals surface area contributed by atoms with Gasteiger partial charge in [-0.25, -0.2) is 0 Å². The number of benzene rings is 1. The fraction of sp³-hybridized carbons (Fsp3) is 0.429. The van der Waals surface area contributed by atoms with Crippen molar-refractivity contribution in [3.8, 4) is 11.5 Å². The molecule has 0 unspecified atom stereocenters. The summed E-state index contributed by atoms with van der Waals surface area (Å²) in [5.74, 6) is 2.17. The standard InChI is InChI=1S/C14H17BrN2O4/c1-3-4-13-16-12(17-21-13)8-20-14-10(15)5-9(7-18)6-11(14)19-2/h5-6,18H,3-4,7-8H2,1-2H3. The summed E-state index contributed by atoms with van der Waals surface area (Å²) in [6, 6.07) is 3.50. The van der Waals surface area contributed by atoms with E-state index < -0.39 is 0 Å². The van der Waals surface area contributed by atoms with Crippen molar-refractivity contribution in [3.05, 3.63) is 33.9 Å². The summed E-state index contributed by atoms with van der Waals surface area (Å²) in [5.41, 5.74) is 0.732. The van der Waals surface area contributed by atoms with Crippen LogP contribution in [0.1, 0.15) is 30.6 Å². The third-order valence-corrected chi connectivity index (χ3v) is 3.38. The van der Waals surface area contributed by atoms with Gasteiger partial charge in [0.15, 0.2) is 18.1 Å². The zero-order valence-electron chi connectivity index (χ0n) is 11.9. The highest BCUT2D eigenvalue weighted by atomic mass is 79.9. The lowest BCUT2D eigenvalue weighted by atomic mass is 10.2. The lowest BCUT2D eigenvalue weighted by molar-refractivity contribution is 0.263. The molecule has 1 N–H and O–H groups in total. The first-order chi connectivity index (χ1) is 10.2. The number of aliphatic hydroxyl groups is 1. The molecule has 0 aliphatic carbocycles. The second-order valence-corrected chi connectivity index (χ2v) is 5.26. The van der Waals surface area contributed by atoms with Crippen molar-refractivity contribution in [1.82, 2.24) is 10.1 Å². The van der Waals surface area contributed by atoms with Crippen LogP contribution >= 0.6 is 15.9 Å². The molecule has 6 nitrogen and oxygen atoms in total. The van der Waals surface area contributed by atoms with Gasteiger partial charge >= 0.3 is 0 Å². The number of ether oxygens (including phenoxy) is 2. The molecule has 2 rings (SSSR count). The molecule has 1 heterocycles. The number of aliphatic hydroxyl groups excluding tert-OH is 1. The SMILES string of the molecule is CCCc1nc(COc2c(Br)cc(CO)cc2OC)no1. The molecule has 7 heteroatoms. The van der Waals surface area contributed by atoms with Gasteiger partial charge in [-0.3, -0.25) is 0 Å². The number of halogens is 1. The largest absolute Gasteiger partial charge is 0.493 e. The predicted molar refractivity (Wildman–Crippen MR) is 79.2 cm³/mol.